The van der Waals surface area contributed by atoms with Crippen LogP contribution < -0.4 is 9.50 Å². The van der Waals surface area contributed by atoms with Crippen LogP contribution in [0.2, 0.25) is 5.02 Å². The molecule has 0 aromatic heterocycles. The first-order chi connectivity index (χ1) is 21.8. The molecule has 0 aliphatic rings. The molecular formula is C34H33ClF3NO6S. The highest BCUT2D eigenvalue weighted by Gasteiger charge is 2.48. The van der Waals surface area contributed by atoms with Crippen molar-refractivity contribution in [3.05, 3.63) is 112 Å². The third-order valence-corrected chi connectivity index (χ3v) is 8.67. The van der Waals surface area contributed by atoms with E-state index in [-0.39, 0.29) is 43.3 Å². The summed E-state index contributed by atoms with van der Waals surface area (Å²) < 4.78 is 70.8. The molecule has 7 nitrogen and oxygen atoms in total. The molecule has 2 atom stereocenters. The first-order valence-corrected chi connectivity index (χ1v) is 16.4. The van der Waals surface area contributed by atoms with Crippen LogP contribution in [0.3, 0.4) is 0 Å². The van der Waals surface area contributed by atoms with Gasteiger partial charge in [-0.25, -0.2) is 0 Å². The van der Waals surface area contributed by atoms with E-state index in [1.165, 1.54) is 18.2 Å². The van der Waals surface area contributed by atoms with Crippen molar-refractivity contribution in [3.8, 4) is 5.75 Å². The van der Waals surface area contributed by atoms with Gasteiger partial charge in [0.1, 0.15) is 5.75 Å². The van der Waals surface area contributed by atoms with Crippen LogP contribution in [0.4, 0.5) is 13.2 Å². The van der Waals surface area contributed by atoms with Gasteiger partial charge in [-0.3, -0.25) is 9.59 Å². The van der Waals surface area contributed by atoms with Crippen molar-refractivity contribution in [2.45, 2.75) is 50.5 Å². The number of carbonyl (C=O) groups is 2. The molecule has 0 fully saturated rings. The highest BCUT2D eigenvalue weighted by molar-refractivity contribution is 7.88. The van der Waals surface area contributed by atoms with Gasteiger partial charge in [-0.2, -0.15) is 21.6 Å². The van der Waals surface area contributed by atoms with Crippen LogP contribution in [0.1, 0.15) is 72.0 Å². The highest BCUT2D eigenvalue weighted by atomic mass is 35.5. The molecule has 1 N–H and O–H groups in total. The monoisotopic (exact) mass is 675 g/mol. The van der Waals surface area contributed by atoms with Crippen molar-refractivity contribution < 1.29 is 40.1 Å². The van der Waals surface area contributed by atoms with Crippen LogP contribution in [0.15, 0.2) is 84.9 Å². The van der Waals surface area contributed by atoms with Crippen molar-refractivity contribution >= 4 is 44.4 Å². The lowest BCUT2D eigenvalue weighted by molar-refractivity contribution is -0.142. The number of fused-ring (bicyclic) bond motifs is 1. The summed E-state index contributed by atoms with van der Waals surface area (Å²) in [6, 6.07) is 24.3. The molecule has 0 spiro atoms. The fraction of sp³-hybridized carbons (Fsp3) is 0.294. The number of nitrogens with one attached hydrogen (secondary N) is 1. The molecule has 4 aromatic rings. The smallest absolute Gasteiger partial charge is 0.466 e. The number of hydrogen-bond donors (Lipinski definition) is 1. The van der Waals surface area contributed by atoms with Gasteiger partial charge in [0.05, 0.1) is 13.0 Å². The van der Waals surface area contributed by atoms with E-state index < -0.39 is 21.4 Å². The molecule has 0 saturated carbocycles. The summed E-state index contributed by atoms with van der Waals surface area (Å²) in [6.45, 7) is 4.23. The molecule has 46 heavy (non-hydrogen) atoms. The van der Waals surface area contributed by atoms with E-state index in [9.17, 15) is 31.2 Å². The number of carbonyl (C=O) groups excluding carboxylic acids is 2. The standard InChI is InChI=1S/C34H33ClF3NO6S/c1-3-5-30(22-6-8-24(9-7-22)33(41)39-19-18-31(40)44-4-2)32(23-12-15-28(35)16-13-23)27-11-10-26-21-29(17-14-25(26)20-27)45-46(42,43)34(36,37)38/h6-17,20-21,30,32H,3-5,18-19H2,1-2H3,(H,39,41)/t30-,32?/m1/s1. The summed E-state index contributed by atoms with van der Waals surface area (Å²) in [5.74, 6) is -1.35. The number of alkyl halides is 3. The number of ether oxygens (including phenoxy) is 1. The van der Waals surface area contributed by atoms with Crippen LogP contribution in [-0.4, -0.2) is 39.0 Å². The third kappa shape index (κ3) is 8.58. The lowest BCUT2D eigenvalue weighted by Crippen LogP contribution is -2.28. The predicted octanol–water partition coefficient (Wildman–Crippen LogP) is 8.12. The number of rotatable bonds is 13. The summed E-state index contributed by atoms with van der Waals surface area (Å²) in [4.78, 5) is 24.3. The van der Waals surface area contributed by atoms with E-state index in [0.29, 0.717) is 21.4 Å². The van der Waals surface area contributed by atoms with Crippen molar-refractivity contribution in [1.29, 1.82) is 0 Å². The van der Waals surface area contributed by atoms with Crippen molar-refractivity contribution in [2.24, 2.45) is 0 Å². The normalized spacial score (nSPS) is 13.2. The average Bonchev–Trinajstić information content (AvgIpc) is 3.01. The van der Waals surface area contributed by atoms with Gasteiger partial charge in [0.2, 0.25) is 0 Å². The van der Waals surface area contributed by atoms with Gasteiger partial charge in [0.15, 0.2) is 0 Å². The molecule has 4 aromatic carbocycles. The number of halogens is 4. The average molecular weight is 676 g/mol. The SMILES string of the molecule is CCC[C@H](c1ccc(C(=O)NCCC(=O)OCC)cc1)C(c1ccc(Cl)cc1)c1ccc2cc(OS(=O)(=O)C(F)(F)F)ccc2c1. The zero-order valence-corrected chi connectivity index (χ0v) is 26.7. The van der Waals surface area contributed by atoms with Gasteiger partial charge < -0.3 is 14.2 Å². The Morgan fingerprint density at radius 3 is 2.09 bits per heavy atom. The highest BCUT2D eigenvalue weighted by Crippen LogP contribution is 2.43. The van der Waals surface area contributed by atoms with E-state index in [0.717, 1.165) is 29.5 Å². The van der Waals surface area contributed by atoms with E-state index in [4.69, 9.17) is 16.3 Å². The lowest BCUT2D eigenvalue weighted by atomic mass is 9.74. The summed E-state index contributed by atoms with van der Waals surface area (Å²) in [5, 5.41) is 4.49. The van der Waals surface area contributed by atoms with Gasteiger partial charge in [0, 0.05) is 23.0 Å². The van der Waals surface area contributed by atoms with E-state index in [1.54, 1.807) is 25.1 Å². The summed E-state index contributed by atoms with van der Waals surface area (Å²) in [7, 11) is -5.80. The topological polar surface area (TPSA) is 98.8 Å². The molecule has 1 amide bonds. The Labute approximate surface area is 270 Å². The molecule has 0 radical (unpaired) electrons. The molecule has 0 aliphatic heterocycles. The lowest BCUT2D eigenvalue weighted by Gasteiger charge is -2.29. The zero-order chi connectivity index (χ0) is 33.5. The van der Waals surface area contributed by atoms with Gasteiger partial charge in [-0.1, -0.05) is 73.5 Å². The number of hydrogen-bond acceptors (Lipinski definition) is 6. The quantitative estimate of drug-likeness (QED) is 0.0873. The maximum atomic E-state index is 12.8. The second-order valence-electron chi connectivity index (χ2n) is 10.6. The van der Waals surface area contributed by atoms with Crippen molar-refractivity contribution in [2.75, 3.05) is 13.2 Å². The minimum atomic E-state index is -5.80. The summed E-state index contributed by atoms with van der Waals surface area (Å²) in [6.07, 6.45) is 1.72. The Morgan fingerprint density at radius 2 is 1.46 bits per heavy atom. The predicted molar refractivity (Wildman–Crippen MR) is 171 cm³/mol. The first-order valence-electron chi connectivity index (χ1n) is 14.7. The number of amides is 1. The molecule has 4 rings (SSSR count). The van der Waals surface area contributed by atoms with Crippen molar-refractivity contribution in [1.82, 2.24) is 5.32 Å². The largest absolute Gasteiger partial charge is 0.534 e. The Kier molecular flexibility index (Phi) is 11.3. The second-order valence-corrected chi connectivity index (χ2v) is 12.6. The summed E-state index contributed by atoms with van der Waals surface area (Å²) in [5.41, 5.74) is -2.20. The van der Waals surface area contributed by atoms with Gasteiger partial charge >= 0.3 is 21.6 Å². The van der Waals surface area contributed by atoms with Crippen LogP contribution in [-0.2, 0) is 19.6 Å². The fourth-order valence-corrected chi connectivity index (χ4v) is 5.90. The van der Waals surface area contributed by atoms with E-state index in [1.807, 2.05) is 48.5 Å². The molecule has 244 valence electrons. The van der Waals surface area contributed by atoms with E-state index in [2.05, 4.69) is 16.4 Å². The minimum Gasteiger partial charge on any atom is -0.466 e. The van der Waals surface area contributed by atoms with Crippen LogP contribution in [0.5, 0.6) is 5.75 Å². The molecule has 1 unspecified atom stereocenters. The molecule has 0 bridgehead atoms. The van der Waals surface area contributed by atoms with Gasteiger partial charge in [-0.05, 0) is 83.1 Å². The Hall–Kier alpha value is -4.09. The molecular weight excluding hydrogens is 643 g/mol. The Balaban J connectivity index is 1.66. The molecule has 0 heterocycles. The Morgan fingerprint density at radius 1 is 0.848 bits per heavy atom. The van der Waals surface area contributed by atoms with Crippen LogP contribution >= 0.6 is 11.6 Å². The van der Waals surface area contributed by atoms with Crippen LogP contribution in [0, 0.1) is 0 Å². The number of esters is 1. The second kappa shape index (κ2) is 15.0. The molecule has 0 saturated heterocycles. The first kappa shape index (κ1) is 34.8. The molecule has 0 aliphatic carbocycles. The van der Waals surface area contributed by atoms with Gasteiger partial charge in [0.25, 0.3) is 5.91 Å². The number of benzene rings is 4. The van der Waals surface area contributed by atoms with Crippen molar-refractivity contribution in [3.63, 3.8) is 0 Å². The van der Waals surface area contributed by atoms with Crippen LogP contribution in [0.25, 0.3) is 10.8 Å². The maximum Gasteiger partial charge on any atom is 0.534 e. The minimum absolute atomic E-state index is 0.0379. The summed E-state index contributed by atoms with van der Waals surface area (Å²) >= 11 is 6.21. The Bertz CT molecular complexity index is 1780. The molecule has 12 heteroatoms. The van der Waals surface area contributed by atoms with E-state index >= 15 is 0 Å². The maximum absolute atomic E-state index is 12.8. The fourth-order valence-electron chi connectivity index (χ4n) is 5.32. The third-order valence-electron chi connectivity index (χ3n) is 7.44. The van der Waals surface area contributed by atoms with Gasteiger partial charge in [-0.15, -0.1) is 0 Å². The zero-order valence-electron chi connectivity index (χ0n) is 25.1.